The van der Waals surface area contributed by atoms with E-state index < -0.39 is 0 Å². The molecule has 50 valence electrons. The molecule has 0 aliphatic heterocycles. The van der Waals surface area contributed by atoms with Crippen molar-refractivity contribution < 1.29 is 13.5 Å². The average Bonchev–Trinajstić information content (AvgIpc) is 1.69. The van der Waals surface area contributed by atoms with Crippen molar-refractivity contribution >= 4 is 16.5 Å². The van der Waals surface area contributed by atoms with Crippen LogP contribution >= 0.6 is 11.6 Å². The van der Waals surface area contributed by atoms with Gasteiger partial charge in [0, 0.05) is 0 Å². The van der Waals surface area contributed by atoms with E-state index in [1.807, 2.05) is 6.92 Å². The molecule has 0 saturated carbocycles. The summed E-state index contributed by atoms with van der Waals surface area (Å²) in [7, 11) is 0. The predicted octanol–water partition coefficient (Wildman–Crippen LogP) is 2.57. The first kappa shape index (κ1) is 8.42. The molecule has 0 spiro atoms. The first-order valence-corrected chi connectivity index (χ1v) is 4.81. The van der Waals surface area contributed by atoms with E-state index in [-0.39, 0.29) is 13.5 Å². The zero-order chi connectivity index (χ0) is 6.57. The van der Waals surface area contributed by atoms with Gasteiger partial charge >= 0.3 is 59.7 Å². The van der Waals surface area contributed by atoms with Gasteiger partial charge in [-0.15, -0.1) is 0 Å². The fourth-order valence-corrected chi connectivity index (χ4v) is 2.32. The first-order chi connectivity index (χ1) is 3.72. The van der Waals surface area contributed by atoms with Crippen LogP contribution in [0.5, 0.6) is 0 Å². The molecule has 0 amide bonds. The van der Waals surface area contributed by atoms with Gasteiger partial charge in [0.1, 0.15) is 0 Å². The van der Waals surface area contributed by atoms with Crippen LogP contribution in [0, 0.1) is 0 Å². The summed E-state index contributed by atoms with van der Waals surface area (Å²) >= 11 is 5.32. The number of halogens is 1. The van der Waals surface area contributed by atoms with Gasteiger partial charge in [0.15, 0.2) is 0 Å². The summed E-state index contributed by atoms with van der Waals surface area (Å²) in [4.78, 5) is 2.15. The van der Waals surface area contributed by atoms with E-state index in [0.717, 1.165) is 9.25 Å². The molecule has 0 aromatic carbocycles. The Labute approximate surface area is 60.0 Å². The third-order valence-electron chi connectivity index (χ3n) is 0.762. The van der Waals surface area contributed by atoms with Crippen molar-refractivity contribution in [3.63, 3.8) is 0 Å². The Morgan fingerprint density at radius 3 is 2.38 bits per heavy atom. The third-order valence-corrected chi connectivity index (χ3v) is 3.85. The Bertz CT molecular complexity index is 116. The van der Waals surface area contributed by atoms with Crippen molar-refractivity contribution in [2.45, 2.75) is 19.2 Å². The molecule has 0 heterocycles. The summed E-state index contributed by atoms with van der Waals surface area (Å²) in [5, 5.41) is 1.14. The average molecular weight is 174 g/mol. The van der Waals surface area contributed by atoms with Crippen LogP contribution < -0.4 is 0 Å². The Hall–Kier alpha value is 0.419. The van der Waals surface area contributed by atoms with Crippen molar-refractivity contribution in [2.24, 2.45) is 0 Å². The molecule has 0 unspecified atom stereocenters. The minimum absolute atomic E-state index is 0.332. The Balaban J connectivity index is 3.92. The van der Waals surface area contributed by atoms with Gasteiger partial charge in [-0.2, -0.15) is 0 Å². The van der Waals surface area contributed by atoms with Gasteiger partial charge in [0.25, 0.3) is 0 Å². The van der Waals surface area contributed by atoms with Gasteiger partial charge in [-0.25, -0.2) is 0 Å². The van der Waals surface area contributed by atoms with E-state index >= 15 is 0 Å². The molecule has 8 heavy (non-hydrogen) atoms. The van der Waals surface area contributed by atoms with Crippen LogP contribution in [0.25, 0.3) is 0 Å². The van der Waals surface area contributed by atoms with E-state index in [2.05, 4.69) is 18.4 Å². The topological polar surface area (TPSA) is 0 Å². The zero-order valence-corrected chi connectivity index (χ0v) is 7.08. The summed E-state index contributed by atoms with van der Waals surface area (Å²) in [6.45, 7) is 7.84. The molecule has 0 nitrogen and oxygen atoms in total. The van der Waals surface area contributed by atoms with E-state index in [0.29, 0.717) is 0 Å². The van der Waals surface area contributed by atoms with Crippen LogP contribution in [0.3, 0.4) is 0 Å². The van der Waals surface area contributed by atoms with Crippen LogP contribution in [-0.2, 0) is 13.5 Å². The van der Waals surface area contributed by atoms with Crippen LogP contribution in [0.15, 0.2) is 10.5 Å². The van der Waals surface area contributed by atoms with Gasteiger partial charge in [-0.3, -0.25) is 0 Å². The predicted molar refractivity (Wildman–Crippen MR) is 37.2 cm³/mol. The molecular formula is C6H11ClFe. The van der Waals surface area contributed by atoms with Crippen LogP contribution in [0.4, 0.5) is 0 Å². The fraction of sp³-hybridized carbons (Fsp3) is 0.500. The second-order valence-electron chi connectivity index (χ2n) is 1.15. The quantitative estimate of drug-likeness (QED) is 0.565. The molecular weight excluding hydrogens is 163 g/mol. The molecule has 0 aromatic rings. The van der Waals surface area contributed by atoms with Crippen molar-refractivity contribution in [3.8, 4) is 0 Å². The standard InChI is InChI=1S/C2H2Cl.C2H5.C2H4.Fe/c1-2-3;2*1-2;/h1H2;1H2,2H3;1H,2H3;. The number of rotatable bonds is 2. The molecule has 0 bridgehead atoms. The fourth-order valence-electron chi connectivity index (χ4n) is 0.391. The SMILES string of the molecule is C=[C](Cl)[Fe](=[CH]C)[CH2]C. The minimum atomic E-state index is -0.332. The molecule has 0 aliphatic rings. The second-order valence-corrected chi connectivity index (χ2v) is 5.15. The Morgan fingerprint density at radius 2 is 2.38 bits per heavy atom. The van der Waals surface area contributed by atoms with E-state index in [1.165, 1.54) is 0 Å². The summed E-state index contributed by atoms with van der Waals surface area (Å²) in [6.07, 6.45) is 0. The third kappa shape index (κ3) is 2.66. The van der Waals surface area contributed by atoms with Gasteiger partial charge in [0.05, 0.1) is 0 Å². The molecule has 0 rings (SSSR count). The van der Waals surface area contributed by atoms with E-state index in [1.54, 1.807) is 0 Å². The maximum atomic E-state index is 5.66. The molecule has 2 heteroatoms. The monoisotopic (exact) mass is 174 g/mol. The summed E-state index contributed by atoms with van der Waals surface area (Å²) in [5.74, 6) is 0. The molecule has 0 aromatic heterocycles. The first-order valence-electron chi connectivity index (χ1n) is 2.46. The molecule has 0 saturated heterocycles. The van der Waals surface area contributed by atoms with Gasteiger partial charge in [-0.05, 0) is 0 Å². The molecule has 0 atom stereocenters. The number of hydrogen-bond donors (Lipinski definition) is 0. The van der Waals surface area contributed by atoms with Gasteiger partial charge in [0.2, 0.25) is 0 Å². The summed E-state index contributed by atoms with van der Waals surface area (Å²) in [6, 6.07) is 0. The van der Waals surface area contributed by atoms with Crippen molar-refractivity contribution in [1.29, 1.82) is 0 Å². The number of hydrogen-bond acceptors (Lipinski definition) is 0. The maximum absolute atomic E-state index is 5.66. The Morgan fingerprint density at radius 1 is 1.88 bits per heavy atom. The van der Waals surface area contributed by atoms with Gasteiger partial charge < -0.3 is 0 Å². The van der Waals surface area contributed by atoms with Crippen molar-refractivity contribution in [3.05, 3.63) is 10.5 Å². The van der Waals surface area contributed by atoms with Gasteiger partial charge in [-0.1, -0.05) is 0 Å². The van der Waals surface area contributed by atoms with Crippen molar-refractivity contribution in [2.75, 3.05) is 0 Å². The summed E-state index contributed by atoms with van der Waals surface area (Å²) < 4.78 is 0.829. The summed E-state index contributed by atoms with van der Waals surface area (Å²) in [5.41, 5.74) is 0. The molecule has 0 N–H and O–H groups in total. The molecule has 0 fully saturated rings. The van der Waals surface area contributed by atoms with Crippen LogP contribution in [-0.4, -0.2) is 4.92 Å². The second kappa shape index (κ2) is 4.31. The van der Waals surface area contributed by atoms with Crippen LogP contribution in [0.1, 0.15) is 13.8 Å². The zero-order valence-electron chi connectivity index (χ0n) is 5.22. The molecule has 0 radical (unpaired) electrons. The van der Waals surface area contributed by atoms with E-state index in [4.69, 9.17) is 11.6 Å². The van der Waals surface area contributed by atoms with Crippen LogP contribution in [0.2, 0.25) is 5.32 Å². The van der Waals surface area contributed by atoms with Crippen molar-refractivity contribution in [1.82, 2.24) is 0 Å². The Kier molecular flexibility index (Phi) is 4.54. The normalized spacial score (nSPS) is 16.1. The molecule has 0 aliphatic carbocycles. The van der Waals surface area contributed by atoms with E-state index in [9.17, 15) is 0 Å².